The van der Waals surface area contributed by atoms with Crippen molar-refractivity contribution in [3.63, 3.8) is 0 Å². The molecule has 0 spiro atoms. The molecule has 94 valence electrons. The highest BCUT2D eigenvalue weighted by atomic mass is 16.1. The monoisotopic (exact) mass is 226 g/mol. The van der Waals surface area contributed by atoms with Crippen LogP contribution in [-0.4, -0.2) is 17.5 Å². The Kier molecular flexibility index (Phi) is 4.78. The zero-order valence-electron chi connectivity index (χ0n) is 10.9. The van der Waals surface area contributed by atoms with Gasteiger partial charge in [-0.1, -0.05) is 26.2 Å². The lowest BCUT2D eigenvalue weighted by Gasteiger charge is -2.40. The minimum Gasteiger partial charge on any atom is -0.368 e. The first kappa shape index (κ1) is 13.5. The molecule has 1 aliphatic carbocycles. The third-order valence-electron chi connectivity index (χ3n) is 4.09. The number of carbonyl (C=O) groups is 1. The van der Waals surface area contributed by atoms with Crippen LogP contribution in [0.3, 0.4) is 0 Å². The minimum atomic E-state index is -0.518. The molecule has 0 bridgehead atoms. The molecule has 1 fully saturated rings. The van der Waals surface area contributed by atoms with Crippen molar-refractivity contribution in [1.29, 1.82) is 0 Å². The first-order valence-corrected chi connectivity index (χ1v) is 6.58. The summed E-state index contributed by atoms with van der Waals surface area (Å²) in [7, 11) is 0. The Morgan fingerprint density at radius 2 is 2.00 bits per heavy atom. The molecular weight excluding hydrogens is 200 g/mol. The van der Waals surface area contributed by atoms with Gasteiger partial charge in [0.05, 0.1) is 5.54 Å². The van der Waals surface area contributed by atoms with Gasteiger partial charge in [-0.15, -0.1) is 0 Å². The molecule has 0 heterocycles. The van der Waals surface area contributed by atoms with Crippen LogP contribution in [0.1, 0.15) is 59.3 Å². The fourth-order valence-corrected chi connectivity index (χ4v) is 2.68. The molecule has 0 saturated heterocycles. The Labute approximate surface area is 99.2 Å². The van der Waals surface area contributed by atoms with Crippen molar-refractivity contribution in [2.45, 2.75) is 70.9 Å². The fraction of sp³-hybridized carbons (Fsp3) is 0.923. The largest absolute Gasteiger partial charge is 0.368 e. The molecule has 16 heavy (non-hydrogen) atoms. The summed E-state index contributed by atoms with van der Waals surface area (Å²) in [4.78, 5) is 11.7. The van der Waals surface area contributed by atoms with Crippen molar-refractivity contribution in [2.24, 2.45) is 11.7 Å². The molecule has 1 aliphatic rings. The second-order valence-electron chi connectivity index (χ2n) is 5.36. The number of rotatable bonds is 5. The van der Waals surface area contributed by atoms with Crippen molar-refractivity contribution in [3.8, 4) is 0 Å². The first-order valence-electron chi connectivity index (χ1n) is 6.58. The van der Waals surface area contributed by atoms with Gasteiger partial charge in [-0.05, 0) is 39.0 Å². The molecule has 2 atom stereocenters. The number of nitrogens with one attached hydrogen (secondary N) is 1. The van der Waals surface area contributed by atoms with Gasteiger partial charge < -0.3 is 11.1 Å². The van der Waals surface area contributed by atoms with Gasteiger partial charge in [-0.25, -0.2) is 0 Å². The third-order valence-corrected chi connectivity index (χ3v) is 4.09. The van der Waals surface area contributed by atoms with Crippen molar-refractivity contribution in [1.82, 2.24) is 5.32 Å². The van der Waals surface area contributed by atoms with Crippen LogP contribution in [0.4, 0.5) is 0 Å². The number of hydrogen-bond donors (Lipinski definition) is 2. The van der Waals surface area contributed by atoms with Crippen molar-refractivity contribution in [2.75, 3.05) is 0 Å². The number of carbonyl (C=O) groups excluding carboxylic acids is 1. The number of hydrogen-bond acceptors (Lipinski definition) is 2. The summed E-state index contributed by atoms with van der Waals surface area (Å²) in [5.74, 6) is 0.215. The molecule has 0 radical (unpaired) electrons. The molecule has 1 rings (SSSR count). The van der Waals surface area contributed by atoms with Gasteiger partial charge in [0.1, 0.15) is 0 Å². The normalized spacial score (nSPS) is 23.7. The van der Waals surface area contributed by atoms with E-state index in [1.807, 2.05) is 6.92 Å². The van der Waals surface area contributed by atoms with Gasteiger partial charge in [0.25, 0.3) is 0 Å². The lowest BCUT2D eigenvalue weighted by Crippen LogP contribution is -2.60. The Bertz CT molecular complexity index is 236. The van der Waals surface area contributed by atoms with Gasteiger partial charge >= 0.3 is 0 Å². The molecule has 0 aromatic carbocycles. The van der Waals surface area contributed by atoms with Crippen LogP contribution in [-0.2, 0) is 4.79 Å². The number of nitrogens with two attached hydrogens (primary N) is 1. The van der Waals surface area contributed by atoms with E-state index in [1.165, 1.54) is 19.3 Å². The van der Waals surface area contributed by atoms with Gasteiger partial charge in [0.2, 0.25) is 5.91 Å². The summed E-state index contributed by atoms with van der Waals surface area (Å²) in [6.45, 7) is 6.22. The Balaban J connectivity index is 2.73. The molecule has 3 heteroatoms. The van der Waals surface area contributed by atoms with E-state index < -0.39 is 5.54 Å². The van der Waals surface area contributed by atoms with E-state index in [1.54, 1.807) is 0 Å². The lowest BCUT2D eigenvalue weighted by molar-refractivity contribution is -0.126. The Hall–Kier alpha value is -0.570. The van der Waals surface area contributed by atoms with Crippen LogP contribution in [0.2, 0.25) is 0 Å². The molecule has 0 aromatic heterocycles. The topological polar surface area (TPSA) is 55.1 Å². The molecule has 1 amide bonds. The maximum Gasteiger partial charge on any atom is 0.237 e. The van der Waals surface area contributed by atoms with Crippen LogP contribution in [0.25, 0.3) is 0 Å². The fourth-order valence-electron chi connectivity index (χ4n) is 2.68. The quantitative estimate of drug-likeness (QED) is 0.755. The van der Waals surface area contributed by atoms with Crippen LogP contribution in [0.15, 0.2) is 0 Å². The molecule has 3 nitrogen and oxygen atoms in total. The summed E-state index contributed by atoms with van der Waals surface area (Å²) in [6.07, 6.45) is 7.04. The highest BCUT2D eigenvalue weighted by Gasteiger charge is 2.40. The van der Waals surface area contributed by atoms with E-state index in [9.17, 15) is 4.79 Å². The van der Waals surface area contributed by atoms with E-state index in [-0.39, 0.29) is 5.91 Å². The van der Waals surface area contributed by atoms with Gasteiger partial charge in [-0.3, -0.25) is 4.79 Å². The predicted molar refractivity (Wildman–Crippen MR) is 67.1 cm³/mol. The summed E-state index contributed by atoms with van der Waals surface area (Å²) < 4.78 is 0. The summed E-state index contributed by atoms with van der Waals surface area (Å²) in [5.41, 5.74) is 5.09. The summed E-state index contributed by atoms with van der Waals surface area (Å²) in [5, 5.41) is 3.44. The van der Waals surface area contributed by atoms with Gasteiger partial charge in [0.15, 0.2) is 0 Å². The Morgan fingerprint density at radius 1 is 1.44 bits per heavy atom. The molecule has 0 aliphatic heterocycles. The van der Waals surface area contributed by atoms with Crippen molar-refractivity contribution < 1.29 is 4.79 Å². The molecule has 3 N–H and O–H groups in total. The van der Waals surface area contributed by atoms with E-state index in [0.717, 1.165) is 19.3 Å². The van der Waals surface area contributed by atoms with E-state index in [4.69, 9.17) is 5.73 Å². The van der Waals surface area contributed by atoms with Crippen LogP contribution in [0.5, 0.6) is 0 Å². The summed E-state index contributed by atoms with van der Waals surface area (Å²) in [6, 6.07) is 0.347. The van der Waals surface area contributed by atoms with Gasteiger partial charge in [-0.2, -0.15) is 0 Å². The zero-order valence-corrected chi connectivity index (χ0v) is 10.9. The average molecular weight is 226 g/mol. The number of amides is 1. The standard InChI is InChI=1S/C13H26N2O/c1-4-10(2)15-13(3,12(14)16)11-8-6-5-7-9-11/h10-11,15H,4-9H2,1-3H3,(H2,14,16). The highest BCUT2D eigenvalue weighted by Crippen LogP contribution is 2.33. The van der Waals surface area contributed by atoms with Crippen LogP contribution < -0.4 is 11.1 Å². The predicted octanol–water partition coefficient (Wildman–Crippen LogP) is 2.20. The van der Waals surface area contributed by atoms with Crippen LogP contribution in [0, 0.1) is 5.92 Å². The summed E-state index contributed by atoms with van der Waals surface area (Å²) >= 11 is 0. The van der Waals surface area contributed by atoms with E-state index in [0.29, 0.717) is 12.0 Å². The maximum atomic E-state index is 11.7. The van der Waals surface area contributed by atoms with E-state index >= 15 is 0 Å². The Morgan fingerprint density at radius 3 is 2.44 bits per heavy atom. The molecule has 2 unspecified atom stereocenters. The average Bonchev–Trinajstić information content (AvgIpc) is 2.29. The third kappa shape index (κ3) is 2.97. The van der Waals surface area contributed by atoms with Crippen LogP contribution >= 0.6 is 0 Å². The second kappa shape index (κ2) is 5.67. The molecular formula is C13H26N2O. The maximum absolute atomic E-state index is 11.7. The van der Waals surface area contributed by atoms with Crippen molar-refractivity contribution in [3.05, 3.63) is 0 Å². The van der Waals surface area contributed by atoms with Crippen molar-refractivity contribution >= 4 is 5.91 Å². The smallest absolute Gasteiger partial charge is 0.237 e. The lowest BCUT2D eigenvalue weighted by atomic mass is 9.74. The minimum absolute atomic E-state index is 0.195. The zero-order chi connectivity index (χ0) is 12.2. The molecule has 1 saturated carbocycles. The van der Waals surface area contributed by atoms with E-state index in [2.05, 4.69) is 19.2 Å². The second-order valence-corrected chi connectivity index (χ2v) is 5.36. The molecule has 0 aromatic rings. The SMILES string of the molecule is CCC(C)NC(C)(C(N)=O)C1CCCCC1. The highest BCUT2D eigenvalue weighted by molar-refractivity contribution is 5.84. The van der Waals surface area contributed by atoms with Gasteiger partial charge in [0, 0.05) is 6.04 Å². The first-order chi connectivity index (χ1) is 7.50. The number of primary amides is 1.